The van der Waals surface area contributed by atoms with E-state index in [1.165, 1.54) is 6.07 Å². The van der Waals surface area contributed by atoms with E-state index >= 15 is 0 Å². The molecule has 0 saturated carbocycles. The SMILES string of the molecule is O=C(Nc1cc(Cl)cc(Br)c1)Nc1cc(OC(F)(F)F)ccc1C(=O)NCCO. The largest absolute Gasteiger partial charge is 0.573 e. The molecule has 0 aliphatic carbocycles. The number of halogens is 5. The van der Waals surface area contributed by atoms with E-state index < -0.39 is 24.1 Å². The van der Waals surface area contributed by atoms with Gasteiger partial charge < -0.3 is 25.8 Å². The fourth-order valence-electron chi connectivity index (χ4n) is 2.20. The van der Waals surface area contributed by atoms with Crippen molar-refractivity contribution in [2.45, 2.75) is 6.36 Å². The van der Waals surface area contributed by atoms with Gasteiger partial charge in [-0.15, -0.1) is 13.2 Å². The number of carbonyl (C=O) groups excluding carboxylic acids is 2. The molecule has 12 heteroatoms. The maximum Gasteiger partial charge on any atom is 0.573 e. The van der Waals surface area contributed by atoms with Crippen molar-refractivity contribution < 1.29 is 32.6 Å². The van der Waals surface area contributed by atoms with Gasteiger partial charge in [-0.2, -0.15) is 0 Å². The summed E-state index contributed by atoms with van der Waals surface area (Å²) in [6.07, 6.45) is -4.95. The van der Waals surface area contributed by atoms with Crippen LogP contribution in [0.3, 0.4) is 0 Å². The summed E-state index contributed by atoms with van der Waals surface area (Å²) < 4.78 is 41.8. The third-order valence-electron chi connectivity index (χ3n) is 3.24. The van der Waals surface area contributed by atoms with Gasteiger partial charge in [0.15, 0.2) is 0 Å². The van der Waals surface area contributed by atoms with Gasteiger partial charge in [-0.25, -0.2) is 4.79 Å². The van der Waals surface area contributed by atoms with Crippen molar-refractivity contribution in [2.24, 2.45) is 0 Å². The smallest absolute Gasteiger partial charge is 0.406 e. The number of nitrogens with one attached hydrogen (secondary N) is 3. The molecule has 0 unspecified atom stereocenters. The molecule has 0 atom stereocenters. The fourth-order valence-corrected chi connectivity index (χ4v) is 3.06. The van der Waals surface area contributed by atoms with Gasteiger partial charge in [0.25, 0.3) is 5.91 Å². The van der Waals surface area contributed by atoms with E-state index in [1.807, 2.05) is 0 Å². The highest BCUT2D eigenvalue weighted by molar-refractivity contribution is 9.10. The molecule has 0 saturated heterocycles. The molecular formula is C17H14BrClF3N3O4. The zero-order chi connectivity index (χ0) is 21.6. The molecule has 0 fully saturated rings. The van der Waals surface area contributed by atoms with E-state index in [1.54, 1.807) is 12.1 Å². The number of carbonyl (C=O) groups is 2. The number of aliphatic hydroxyl groups excluding tert-OH is 1. The summed E-state index contributed by atoms with van der Waals surface area (Å²) in [5, 5.41) is 16.2. The topological polar surface area (TPSA) is 99.7 Å². The molecule has 156 valence electrons. The third kappa shape index (κ3) is 7.44. The van der Waals surface area contributed by atoms with Crippen molar-refractivity contribution in [3.63, 3.8) is 0 Å². The quantitative estimate of drug-likeness (QED) is 0.477. The van der Waals surface area contributed by atoms with Crippen LogP contribution in [-0.2, 0) is 0 Å². The number of rotatable bonds is 6. The maximum atomic E-state index is 12.5. The van der Waals surface area contributed by atoms with Crippen molar-refractivity contribution in [1.29, 1.82) is 0 Å². The molecule has 0 aromatic heterocycles. The average molecular weight is 497 g/mol. The number of ether oxygens (including phenoxy) is 1. The Balaban J connectivity index is 2.27. The van der Waals surface area contributed by atoms with Crippen LogP contribution in [0.4, 0.5) is 29.3 Å². The second-order valence-electron chi connectivity index (χ2n) is 5.47. The number of anilines is 2. The number of amides is 3. The molecular weight excluding hydrogens is 483 g/mol. The summed E-state index contributed by atoms with van der Waals surface area (Å²) in [5.41, 5.74) is -0.0629. The van der Waals surface area contributed by atoms with Gasteiger partial charge in [-0.05, 0) is 30.3 Å². The monoisotopic (exact) mass is 495 g/mol. The van der Waals surface area contributed by atoms with Crippen LogP contribution in [0.1, 0.15) is 10.4 Å². The summed E-state index contributed by atoms with van der Waals surface area (Å²) in [6, 6.07) is 6.59. The molecule has 29 heavy (non-hydrogen) atoms. The number of hydrogen-bond acceptors (Lipinski definition) is 4. The molecule has 0 heterocycles. The second kappa shape index (κ2) is 9.81. The van der Waals surface area contributed by atoms with Crippen LogP contribution < -0.4 is 20.7 Å². The van der Waals surface area contributed by atoms with Gasteiger partial charge >= 0.3 is 12.4 Å². The molecule has 4 N–H and O–H groups in total. The summed E-state index contributed by atoms with van der Waals surface area (Å²) in [6.45, 7) is -0.421. The third-order valence-corrected chi connectivity index (χ3v) is 3.91. The first-order valence-electron chi connectivity index (χ1n) is 7.90. The average Bonchev–Trinajstić information content (AvgIpc) is 2.57. The van der Waals surface area contributed by atoms with E-state index in [0.29, 0.717) is 15.2 Å². The Morgan fingerprint density at radius 2 is 1.86 bits per heavy atom. The molecule has 7 nitrogen and oxygen atoms in total. The highest BCUT2D eigenvalue weighted by Gasteiger charge is 2.31. The highest BCUT2D eigenvalue weighted by Crippen LogP contribution is 2.28. The van der Waals surface area contributed by atoms with Crippen molar-refractivity contribution in [3.05, 3.63) is 51.5 Å². The molecule has 3 amide bonds. The number of benzene rings is 2. The first-order valence-corrected chi connectivity index (χ1v) is 9.07. The summed E-state index contributed by atoms with van der Waals surface area (Å²) in [4.78, 5) is 24.4. The van der Waals surface area contributed by atoms with Crippen LogP contribution in [-0.4, -0.2) is 36.6 Å². The lowest BCUT2D eigenvalue weighted by molar-refractivity contribution is -0.274. The fraction of sp³-hybridized carbons (Fsp3) is 0.176. The van der Waals surface area contributed by atoms with Crippen molar-refractivity contribution >= 4 is 50.8 Å². The Kier molecular flexibility index (Phi) is 7.71. The molecule has 0 bridgehead atoms. The van der Waals surface area contributed by atoms with E-state index in [9.17, 15) is 22.8 Å². The Morgan fingerprint density at radius 3 is 2.48 bits per heavy atom. The number of hydrogen-bond donors (Lipinski definition) is 4. The lowest BCUT2D eigenvalue weighted by Gasteiger charge is -2.15. The predicted molar refractivity (Wildman–Crippen MR) is 104 cm³/mol. The Hall–Kier alpha value is -2.50. The van der Waals surface area contributed by atoms with Crippen LogP contribution in [0, 0.1) is 0 Å². The van der Waals surface area contributed by atoms with Gasteiger partial charge in [-0.1, -0.05) is 27.5 Å². The lowest BCUT2D eigenvalue weighted by atomic mass is 10.1. The molecule has 0 aliphatic rings. The molecule has 0 radical (unpaired) electrons. The van der Waals surface area contributed by atoms with Crippen molar-refractivity contribution in [3.8, 4) is 5.75 Å². The van der Waals surface area contributed by atoms with Gasteiger partial charge in [0.1, 0.15) is 5.75 Å². The molecule has 2 rings (SSSR count). The standard InChI is InChI=1S/C17H14BrClF3N3O4/c18-9-5-10(19)7-11(6-9)24-16(28)25-14-8-12(29-17(20,21)22)1-2-13(14)15(27)23-3-4-26/h1-2,5-8,26H,3-4H2,(H,23,27)(H2,24,25,28). The first kappa shape index (κ1) is 22.8. The minimum Gasteiger partial charge on any atom is -0.406 e. The number of urea groups is 1. The van der Waals surface area contributed by atoms with E-state index in [-0.39, 0.29) is 24.4 Å². The van der Waals surface area contributed by atoms with Gasteiger partial charge in [0.2, 0.25) is 0 Å². The Bertz CT molecular complexity index is 892. The van der Waals surface area contributed by atoms with Crippen LogP contribution in [0.25, 0.3) is 0 Å². The minimum atomic E-state index is -4.95. The van der Waals surface area contributed by atoms with E-state index in [0.717, 1.165) is 18.2 Å². The number of alkyl halides is 3. The normalized spacial score (nSPS) is 11.0. The zero-order valence-corrected chi connectivity index (χ0v) is 16.8. The summed E-state index contributed by atoms with van der Waals surface area (Å²) in [5.74, 6) is -1.34. The van der Waals surface area contributed by atoms with Gasteiger partial charge in [0, 0.05) is 27.8 Å². The maximum absolute atomic E-state index is 12.5. The van der Waals surface area contributed by atoms with Crippen LogP contribution in [0.2, 0.25) is 5.02 Å². The number of aliphatic hydroxyl groups is 1. The van der Waals surface area contributed by atoms with Crippen LogP contribution in [0.5, 0.6) is 5.75 Å². The van der Waals surface area contributed by atoms with Crippen LogP contribution in [0.15, 0.2) is 40.9 Å². The van der Waals surface area contributed by atoms with Crippen LogP contribution >= 0.6 is 27.5 Å². The first-order chi connectivity index (χ1) is 13.6. The molecule has 2 aromatic carbocycles. The molecule has 0 spiro atoms. The highest BCUT2D eigenvalue weighted by atomic mass is 79.9. The predicted octanol–water partition coefficient (Wildman–Crippen LogP) is 4.37. The van der Waals surface area contributed by atoms with Gasteiger partial charge in [0.05, 0.1) is 17.9 Å². The minimum absolute atomic E-state index is 0.0815. The van der Waals surface area contributed by atoms with Crippen molar-refractivity contribution in [2.75, 3.05) is 23.8 Å². The Morgan fingerprint density at radius 1 is 1.14 bits per heavy atom. The summed E-state index contributed by atoms with van der Waals surface area (Å²) in [7, 11) is 0. The van der Waals surface area contributed by atoms with E-state index in [4.69, 9.17) is 16.7 Å². The second-order valence-corrected chi connectivity index (χ2v) is 6.82. The zero-order valence-electron chi connectivity index (χ0n) is 14.4. The molecule has 0 aliphatic heterocycles. The summed E-state index contributed by atoms with van der Waals surface area (Å²) >= 11 is 9.10. The lowest BCUT2D eigenvalue weighted by Crippen LogP contribution is -2.28. The van der Waals surface area contributed by atoms with E-state index in [2.05, 4.69) is 36.6 Å². The van der Waals surface area contributed by atoms with Gasteiger partial charge in [-0.3, -0.25) is 4.79 Å². The van der Waals surface area contributed by atoms with Crippen molar-refractivity contribution in [1.82, 2.24) is 5.32 Å². The molecule has 2 aromatic rings. The Labute approximate surface area is 176 Å².